The lowest BCUT2D eigenvalue weighted by Gasteiger charge is -2.35. The molecule has 1 atom stereocenters. The van der Waals surface area contributed by atoms with Crippen LogP contribution in [0.15, 0.2) is 24.3 Å². The summed E-state index contributed by atoms with van der Waals surface area (Å²) < 4.78 is 0. The highest BCUT2D eigenvalue weighted by Gasteiger charge is 2.33. The molecule has 1 heterocycles. The second kappa shape index (κ2) is 5.17. The Kier molecular flexibility index (Phi) is 4.36. The van der Waals surface area contributed by atoms with Gasteiger partial charge in [0, 0.05) is 29.9 Å². The number of halogens is 2. The highest BCUT2D eigenvalue weighted by Crippen LogP contribution is 2.32. The summed E-state index contributed by atoms with van der Waals surface area (Å²) in [6.45, 7) is 2.77. The fraction of sp³-hybridized carbons (Fsp3) is 0.417. The van der Waals surface area contributed by atoms with E-state index in [2.05, 4.69) is 5.32 Å². The van der Waals surface area contributed by atoms with Gasteiger partial charge in [-0.25, -0.2) is 0 Å². The van der Waals surface area contributed by atoms with Gasteiger partial charge in [-0.05, 0) is 18.6 Å². The highest BCUT2D eigenvalue weighted by molar-refractivity contribution is 6.31. The molecule has 88 valence electrons. The molecule has 16 heavy (non-hydrogen) atoms. The summed E-state index contributed by atoms with van der Waals surface area (Å²) in [4.78, 5) is 11.5. The van der Waals surface area contributed by atoms with Gasteiger partial charge in [-0.15, -0.1) is 12.4 Å². The zero-order valence-corrected chi connectivity index (χ0v) is 10.7. The summed E-state index contributed by atoms with van der Waals surface area (Å²) in [5.74, 6) is 0.302. The predicted molar refractivity (Wildman–Crippen MR) is 68.3 cm³/mol. The lowest BCUT2D eigenvalue weighted by Crippen LogP contribution is -2.46. The van der Waals surface area contributed by atoms with E-state index in [0.29, 0.717) is 18.6 Å². The van der Waals surface area contributed by atoms with Crippen LogP contribution in [0, 0.1) is 0 Å². The Bertz CT molecular complexity index is 394. The second-order valence-corrected chi connectivity index (χ2v) is 4.61. The van der Waals surface area contributed by atoms with E-state index in [9.17, 15) is 4.79 Å². The molecule has 0 amide bonds. The average Bonchev–Trinajstić information content (AvgIpc) is 2.17. The van der Waals surface area contributed by atoms with Gasteiger partial charge in [-0.2, -0.15) is 0 Å². The van der Waals surface area contributed by atoms with Crippen LogP contribution in [0.25, 0.3) is 0 Å². The Hall–Kier alpha value is -0.570. The van der Waals surface area contributed by atoms with Crippen LogP contribution in [0.5, 0.6) is 0 Å². The van der Waals surface area contributed by atoms with Crippen molar-refractivity contribution in [1.82, 2.24) is 5.32 Å². The molecule has 1 N–H and O–H groups in total. The van der Waals surface area contributed by atoms with Crippen LogP contribution < -0.4 is 5.32 Å². The summed E-state index contributed by atoms with van der Waals surface area (Å²) >= 11 is 6.14. The van der Waals surface area contributed by atoms with Crippen molar-refractivity contribution in [2.45, 2.75) is 25.3 Å². The molecular formula is C12H15Cl2NO. The molecule has 1 aromatic carbocycles. The van der Waals surface area contributed by atoms with E-state index in [1.54, 1.807) is 0 Å². The number of hydrogen-bond donors (Lipinski definition) is 1. The zero-order chi connectivity index (χ0) is 10.9. The van der Waals surface area contributed by atoms with E-state index in [-0.39, 0.29) is 17.9 Å². The van der Waals surface area contributed by atoms with E-state index in [4.69, 9.17) is 11.6 Å². The van der Waals surface area contributed by atoms with Gasteiger partial charge in [-0.3, -0.25) is 4.79 Å². The van der Waals surface area contributed by atoms with Gasteiger partial charge in [0.2, 0.25) is 0 Å². The van der Waals surface area contributed by atoms with Crippen LogP contribution >= 0.6 is 24.0 Å². The van der Waals surface area contributed by atoms with Crippen molar-refractivity contribution in [3.63, 3.8) is 0 Å². The molecule has 1 fully saturated rings. The number of carbonyl (C=O) groups is 1. The number of hydrogen-bond acceptors (Lipinski definition) is 2. The van der Waals surface area contributed by atoms with Gasteiger partial charge in [0.05, 0.1) is 0 Å². The maximum Gasteiger partial charge on any atom is 0.136 e. The third kappa shape index (κ3) is 2.57. The van der Waals surface area contributed by atoms with Crippen LogP contribution in [-0.4, -0.2) is 12.3 Å². The molecule has 0 aromatic heterocycles. The maximum atomic E-state index is 11.5. The van der Waals surface area contributed by atoms with E-state index in [1.807, 2.05) is 31.2 Å². The first kappa shape index (κ1) is 13.5. The average molecular weight is 260 g/mol. The number of ketones is 1. The first-order valence-electron chi connectivity index (χ1n) is 5.13. The normalized spacial score (nSPS) is 25.0. The van der Waals surface area contributed by atoms with Crippen LogP contribution in [0.2, 0.25) is 5.02 Å². The molecule has 0 aliphatic carbocycles. The van der Waals surface area contributed by atoms with Gasteiger partial charge in [-0.1, -0.05) is 29.8 Å². The van der Waals surface area contributed by atoms with Crippen molar-refractivity contribution < 1.29 is 4.79 Å². The van der Waals surface area contributed by atoms with Gasteiger partial charge in [0.25, 0.3) is 0 Å². The highest BCUT2D eigenvalue weighted by atomic mass is 35.5. The van der Waals surface area contributed by atoms with Crippen LogP contribution in [0.1, 0.15) is 25.3 Å². The molecule has 4 heteroatoms. The molecule has 1 saturated heterocycles. The fourth-order valence-electron chi connectivity index (χ4n) is 2.12. The summed E-state index contributed by atoms with van der Waals surface area (Å²) in [6, 6.07) is 7.70. The number of benzene rings is 1. The molecule has 1 aliphatic heterocycles. The third-order valence-electron chi connectivity index (χ3n) is 2.94. The summed E-state index contributed by atoms with van der Waals surface area (Å²) in [7, 11) is 0. The predicted octanol–water partition coefficient (Wildman–Crippen LogP) is 2.93. The molecule has 0 saturated carbocycles. The Morgan fingerprint density at radius 2 is 2.06 bits per heavy atom. The monoisotopic (exact) mass is 259 g/mol. The van der Waals surface area contributed by atoms with Crippen LogP contribution in [0.4, 0.5) is 0 Å². The van der Waals surface area contributed by atoms with Crippen molar-refractivity contribution in [2.75, 3.05) is 6.54 Å². The Labute approximate surface area is 107 Å². The minimum atomic E-state index is -0.298. The van der Waals surface area contributed by atoms with Gasteiger partial charge >= 0.3 is 0 Å². The lowest BCUT2D eigenvalue weighted by molar-refractivity contribution is -0.122. The molecular weight excluding hydrogens is 245 g/mol. The molecule has 0 radical (unpaired) electrons. The van der Waals surface area contributed by atoms with E-state index >= 15 is 0 Å². The van der Waals surface area contributed by atoms with Gasteiger partial charge in [0.15, 0.2) is 0 Å². The third-order valence-corrected chi connectivity index (χ3v) is 3.27. The Morgan fingerprint density at radius 1 is 1.38 bits per heavy atom. The minimum Gasteiger partial charge on any atom is -0.307 e. The molecule has 2 nitrogen and oxygen atoms in total. The van der Waals surface area contributed by atoms with Crippen LogP contribution in [-0.2, 0) is 10.3 Å². The summed E-state index contributed by atoms with van der Waals surface area (Å²) in [6.07, 6.45) is 1.15. The van der Waals surface area contributed by atoms with Crippen molar-refractivity contribution in [2.24, 2.45) is 0 Å². The Balaban J connectivity index is 0.00000128. The smallest absolute Gasteiger partial charge is 0.136 e. The fourth-order valence-corrected chi connectivity index (χ4v) is 2.47. The summed E-state index contributed by atoms with van der Waals surface area (Å²) in [5, 5.41) is 4.10. The molecule has 1 aliphatic rings. The summed E-state index contributed by atoms with van der Waals surface area (Å²) in [5.41, 5.74) is 0.716. The molecule has 2 rings (SSSR count). The SMILES string of the molecule is CC1(c2ccccc2Cl)CC(=O)CCN1.Cl. The van der Waals surface area contributed by atoms with Crippen molar-refractivity contribution in [3.05, 3.63) is 34.9 Å². The molecule has 0 bridgehead atoms. The topological polar surface area (TPSA) is 29.1 Å². The number of nitrogens with one attached hydrogen (secondary N) is 1. The van der Waals surface area contributed by atoms with E-state index in [1.165, 1.54) is 0 Å². The minimum absolute atomic E-state index is 0. The lowest BCUT2D eigenvalue weighted by atomic mass is 9.83. The standard InChI is InChI=1S/C12H14ClNO.ClH/c1-12(8-9(15)6-7-14-12)10-4-2-3-5-11(10)13;/h2-5,14H,6-8H2,1H3;1H. The molecule has 1 unspecified atom stereocenters. The quantitative estimate of drug-likeness (QED) is 0.841. The van der Waals surface area contributed by atoms with E-state index in [0.717, 1.165) is 17.1 Å². The van der Waals surface area contributed by atoms with Crippen molar-refractivity contribution in [3.8, 4) is 0 Å². The van der Waals surface area contributed by atoms with Crippen molar-refractivity contribution in [1.29, 1.82) is 0 Å². The van der Waals surface area contributed by atoms with Gasteiger partial charge in [0.1, 0.15) is 5.78 Å². The molecule has 1 aromatic rings. The van der Waals surface area contributed by atoms with E-state index < -0.39 is 0 Å². The Morgan fingerprint density at radius 3 is 2.69 bits per heavy atom. The molecule has 0 spiro atoms. The second-order valence-electron chi connectivity index (χ2n) is 4.20. The zero-order valence-electron chi connectivity index (χ0n) is 9.13. The first-order valence-corrected chi connectivity index (χ1v) is 5.51. The first-order chi connectivity index (χ1) is 7.12. The largest absolute Gasteiger partial charge is 0.307 e. The number of Topliss-reactive ketones (excluding diaryl/α,β-unsaturated/α-hetero) is 1. The maximum absolute atomic E-state index is 11.5. The number of rotatable bonds is 1. The number of piperidine rings is 1. The van der Waals surface area contributed by atoms with Gasteiger partial charge < -0.3 is 5.32 Å². The number of carbonyl (C=O) groups excluding carboxylic acids is 1. The van der Waals surface area contributed by atoms with Crippen LogP contribution in [0.3, 0.4) is 0 Å². The van der Waals surface area contributed by atoms with Crippen molar-refractivity contribution >= 4 is 29.8 Å².